The Balaban J connectivity index is 1.77. The molecule has 0 atom stereocenters. The summed E-state index contributed by atoms with van der Waals surface area (Å²) in [6.45, 7) is 6.77. The van der Waals surface area contributed by atoms with Crippen molar-refractivity contribution in [3.05, 3.63) is 75.1 Å². The molecular weight excluding hydrogens is 339 g/mol. The summed E-state index contributed by atoms with van der Waals surface area (Å²) in [5, 5.41) is 0.601. The van der Waals surface area contributed by atoms with E-state index in [9.17, 15) is 9.18 Å². The van der Waals surface area contributed by atoms with Gasteiger partial charge in [-0.15, -0.1) is 0 Å². The summed E-state index contributed by atoms with van der Waals surface area (Å²) in [6.07, 6.45) is 1.81. The van der Waals surface area contributed by atoms with Gasteiger partial charge in [0.15, 0.2) is 0 Å². The molecule has 1 aliphatic heterocycles. The molecule has 0 saturated heterocycles. The molecule has 4 heteroatoms. The number of nitrogens with zero attached hydrogens (tertiary/aromatic N) is 2. The summed E-state index contributed by atoms with van der Waals surface area (Å²) in [4.78, 5) is 17.6. The zero-order chi connectivity index (χ0) is 19.2. The van der Waals surface area contributed by atoms with Crippen LogP contribution < -0.4 is 5.56 Å². The summed E-state index contributed by atoms with van der Waals surface area (Å²) in [6, 6.07) is 10.6. The molecule has 0 aliphatic carbocycles. The predicted molar refractivity (Wildman–Crippen MR) is 105 cm³/mol. The molecule has 1 aromatic heterocycles. The second kappa shape index (κ2) is 6.35. The standard InChI is InChI=1S/C23H21FN2O/c1-15-5-4-6-17(21(15)24)9-7-16-8-10-18-19(13-16)25-20-11-12-23(2,3)14-26(20)22(18)27/h4-6,8,10,13H,11-12,14H2,1-3H3. The van der Waals surface area contributed by atoms with E-state index < -0.39 is 0 Å². The van der Waals surface area contributed by atoms with Crippen molar-refractivity contribution in [3.63, 3.8) is 0 Å². The van der Waals surface area contributed by atoms with Crippen molar-refractivity contribution < 1.29 is 4.39 Å². The Kier molecular flexibility index (Phi) is 4.11. The first kappa shape index (κ1) is 17.5. The van der Waals surface area contributed by atoms with Crippen LogP contribution in [0, 0.1) is 30.0 Å². The van der Waals surface area contributed by atoms with Gasteiger partial charge in [0.2, 0.25) is 0 Å². The van der Waals surface area contributed by atoms with Crippen molar-refractivity contribution in [2.75, 3.05) is 0 Å². The second-order valence-corrected chi connectivity index (χ2v) is 8.00. The SMILES string of the molecule is Cc1cccc(C#Cc2ccc3c(=O)n4c(nc3c2)CCC(C)(C)C4)c1F. The molecule has 0 saturated carbocycles. The van der Waals surface area contributed by atoms with E-state index in [0.29, 0.717) is 28.6 Å². The van der Waals surface area contributed by atoms with Gasteiger partial charge in [0.05, 0.1) is 16.5 Å². The van der Waals surface area contributed by atoms with E-state index >= 15 is 0 Å². The molecule has 0 unspecified atom stereocenters. The summed E-state index contributed by atoms with van der Waals surface area (Å²) in [5.74, 6) is 6.42. The van der Waals surface area contributed by atoms with E-state index in [1.807, 2.05) is 6.07 Å². The van der Waals surface area contributed by atoms with Gasteiger partial charge in [-0.05, 0) is 48.6 Å². The molecule has 0 spiro atoms. The van der Waals surface area contributed by atoms with Gasteiger partial charge in [-0.25, -0.2) is 9.37 Å². The summed E-state index contributed by atoms with van der Waals surface area (Å²) in [7, 11) is 0. The molecule has 0 amide bonds. The third kappa shape index (κ3) is 3.26. The third-order valence-corrected chi connectivity index (χ3v) is 5.18. The lowest BCUT2D eigenvalue weighted by Crippen LogP contribution is -2.36. The van der Waals surface area contributed by atoms with Gasteiger partial charge in [0.1, 0.15) is 11.6 Å². The number of benzene rings is 2. The van der Waals surface area contributed by atoms with Crippen molar-refractivity contribution in [1.29, 1.82) is 0 Å². The third-order valence-electron chi connectivity index (χ3n) is 5.18. The topological polar surface area (TPSA) is 34.9 Å². The van der Waals surface area contributed by atoms with E-state index in [1.165, 1.54) is 0 Å². The van der Waals surface area contributed by atoms with Gasteiger partial charge in [-0.3, -0.25) is 9.36 Å². The minimum Gasteiger partial charge on any atom is -0.296 e. The molecule has 136 valence electrons. The lowest BCUT2D eigenvalue weighted by Gasteiger charge is -2.31. The van der Waals surface area contributed by atoms with Gasteiger partial charge in [-0.2, -0.15) is 0 Å². The second-order valence-electron chi connectivity index (χ2n) is 8.00. The average molecular weight is 360 g/mol. The zero-order valence-corrected chi connectivity index (χ0v) is 15.8. The van der Waals surface area contributed by atoms with Gasteiger partial charge in [0, 0.05) is 18.5 Å². The van der Waals surface area contributed by atoms with Gasteiger partial charge >= 0.3 is 0 Å². The first-order valence-electron chi connectivity index (χ1n) is 9.15. The van der Waals surface area contributed by atoms with Crippen molar-refractivity contribution in [3.8, 4) is 11.8 Å². The fourth-order valence-electron chi connectivity index (χ4n) is 3.54. The van der Waals surface area contributed by atoms with Crippen molar-refractivity contribution in [1.82, 2.24) is 9.55 Å². The molecule has 0 radical (unpaired) electrons. The normalized spacial score (nSPS) is 15.1. The Morgan fingerprint density at radius 3 is 2.81 bits per heavy atom. The Hall–Kier alpha value is -2.93. The Morgan fingerprint density at radius 2 is 2.00 bits per heavy atom. The maximum Gasteiger partial charge on any atom is 0.261 e. The fourth-order valence-corrected chi connectivity index (χ4v) is 3.54. The van der Waals surface area contributed by atoms with Crippen LogP contribution in [0.4, 0.5) is 4.39 Å². The predicted octanol–water partition coefficient (Wildman–Crippen LogP) is 4.22. The molecule has 3 aromatic rings. The molecule has 2 aromatic carbocycles. The maximum atomic E-state index is 14.1. The lowest BCUT2D eigenvalue weighted by molar-refractivity contribution is 0.240. The van der Waals surface area contributed by atoms with Crippen LogP contribution in [0.25, 0.3) is 10.9 Å². The molecule has 27 heavy (non-hydrogen) atoms. The quantitative estimate of drug-likeness (QED) is 0.563. The first-order valence-corrected chi connectivity index (χ1v) is 9.15. The van der Waals surface area contributed by atoms with E-state index in [4.69, 9.17) is 4.98 Å². The number of fused-ring (bicyclic) bond motifs is 2. The highest BCUT2D eigenvalue weighted by atomic mass is 19.1. The highest BCUT2D eigenvalue weighted by Gasteiger charge is 2.27. The smallest absolute Gasteiger partial charge is 0.261 e. The summed E-state index contributed by atoms with van der Waals surface area (Å²) < 4.78 is 15.9. The van der Waals surface area contributed by atoms with Crippen LogP contribution in [0.5, 0.6) is 0 Å². The van der Waals surface area contributed by atoms with Gasteiger partial charge in [-0.1, -0.05) is 37.8 Å². The fraction of sp³-hybridized carbons (Fsp3) is 0.304. The number of hydrogen-bond donors (Lipinski definition) is 0. The van der Waals surface area contributed by atoms with Crippen molar-refractivity contribution in [2.24, 2.45) is 5.41 Å². The Bertz CT molecular complexity index is 1180. The minimum atomic E-state index is -0.293. The van der Waals surface area contributed by atoms with Crippen LogP contribution in [-0.2, 0) is 13.0 Å². The highest BCUT2D eigenvalue weighted by molar-refractivity contribution is 5.79. The lowest BCUT2D eigenvalue weighted by atomic mass is 9.85. The van der Waals surface area contributed by atoms with E-state index in [-0.39, 0.29) is 16.8 Å². The summed E-state index contributed by atoms with van der Waals surface area (Å²) >= 11 is 0. The molecule has 2 heterocycles. The van der Waals surface area contributed by atoms with Gasteiger partial charge in [0.25, 0.3) is 5.56 Å². The Labute approximate surface area is 157 Å². The number of hydrogen-bond acceptors (Lipinski definition) is 2. The van der Waals surface area contributed by atoms with Crippen LogP contribution in [0.2, 0.25) is 0 Å². The maximum absolute atomic E-state index is 14.1. The first-order chi connectivity index (χ1) is 12.8. The van der Waals surface area contributed by atoms with E-state index in [2.05, 4.69) is 25.7 Å². The molecular formula is C23H21FN2O. The minimum absolute atomic E-state index is 0.00649. The zero-order valence-electron chi connectivity index (χ0n) is 15.8. The van der Waals surface area contributed by atoms with Crippen LogP contribution in [0.3, 0.4) is 0 Å². The van der Waals surface area contributed by atoms with Crippen molar-refractivity contribution >= 4 is 10.9 Å². The molecule has 0 N–H and O–H groups in total. The van der Waals surface area contributed by atoms with Crippen LogP contribution in [-0.4, -0.2) is 9.55 Å². The van der Waals surface area contributed by atoms with Crippen molar-refractivity contribution in [2.45, 2.75) is 40.2 Å². The van der Waals surface area contributed by atoms with E-state index in [0.717, 1.165) is 24.2 Å². The molecule has 0 fully saturated rings. The summed E-state index contributed by atoms with van der Waals surface area (Å²) in [5.41, 5.74) is 2.43. The van der Waals surface area contributed by atoms with Gasteiger partial charge < -0.3 is 0 Å². The largest absolute Gasteiger partial charge is 0.296 e. The number of aryl methyl sites for hydroxylation is 2. The Morgan fingerprint density at radius 1 is 1.19 bits per heavy atom. The monoisotopic (exact) mass is 360 g/mol. The molecule has 3 nitrogen and oxygen atoms in total. The molecule has 1 aliphatic rings. The average Bonchev–Trinajstić information content (AvgIpc) is 2.63. The van der Waals surface area contributed by atoms with E-state index in [1.54, 1.807) is 41.8 Å². The number of rotatable bonds is 0. The van der Waals surface area contributed by atoms with Crippen LogP contribution >= 0.6 is 0 Å². The molecule has 0 bridgehead atoms. The highest BCUT2D eigenvalue weighted by Crippen LogP contribution is 2.29. The van der Waals surface area contributed by atoms with Crippen LogP contribution in [0.15, 0.2) is 41.2 Å². The van der Waals surface area contributed by atoms with Crippen LogP contribution in [0.1, 0.15) is 42.8 Å². The number of aromatic nitrogens is 2. The molecule has 4 rings (SSSR count). The number of halogens is 1.